The van der Waals surface area contributed by atoms with Crippen molar-refractivity contribution < 1.29 is 4.74 Å². The van der Waals surface area contributed by atoms with Gasteiger partial charge in [0.1, 0.15) is 11.5 Å². The van der Waals surface area contributed by atoms with Crippen LogP contribution < -0.4 is 4.74 Å². The number of hydrogen-bond donors (Lipinski definition) is 0. The second-order valence-corrected chi connectivity index (χ2v) is 14.7. The van der Waals surface area contributed by atoms with Gasteiger partial charge in [-0.2, -0.15) is 0 Å². The largest absolute Gasteiger partial charge is 0.457 e. The number of fused-ring (bicyclic) bond motifs is 12. The van der Waals surface area contributed by atoms with Crippen LogP contribution in [0.1, 0.15) is 22.3 Å². The van der Waals surface area contributed by atoms with Crippen molar-refractivity contribution in [3.05, 3.63) is 204 Å². The van der Waals surface area contributed by atoms with Crippen molar-refractivity contribution in [3.63, 3.8) is 0 Å². The van der Waals surface area contributed by atoms with Gasteiger partial charge >= 0.3 is 0 Å². The minimum Gasteiger partial charge on any atom is -0.457 e. The van der Waals surface area contributed by atoms with Crippen LogP contribution in [0.3, 0.4) is 0 Å². The average Bonchev–Trinajstić information content (AvgIpc) is 3.72. The molecular weight excluding hydrogens is 637 g/mol. The van der Waals surface area contributed by atoms with E-state index in [1.165, 1.54) is 75.8 Å². The molecule has 1 aliphatic heterocycles. The summed E-state index contributed by atoms with van der Waals surface area (Å²) in [6.45, 7) is 0. The van der Waals surface area contributed by atoms with E-state index in [1.807, 2.05) is 11.3 Å². The molecule has 0 N–H and O–H groups in total. The minimum absolute atomic E-state index is 0.470. The Morgan fingerprint density at radius 3 is 1.75 bits per heavy atom. The smallest absolute Gasteiger partial charge is 0.132 e. The van der Waals surface area contributed by atoms with Gasteiger partial charge in [-0.15, -0.1) is 11.3 Å². The van der Waals surface area contributed by atoms with Crippen LogP contribution in [-0.2, 0) is 5.41 Å². The lowest BCUT2D eigenvalue weighted by molar-refractivity contribution is 0.436. The van der Waals surface area contributed by atoms with Gasteiger partial charge in [-0.3, -0.25) is 0 Å². The van der Waals surface area contributed by atoms with E-state index in [4.69, 9.17) is 4.74 Å². The highest BCUT2D eigenvalue weighted by Crippen LogP contribution is 2.62. The summed E-state index contributed by atoms with van der Waals surface area (Å²) >= 11 is 1.86. The molecule has 11 rings (SSSR count). The number of hydrogen-bond acceptors (Lipinski definition) is 2. The molecule has 1 nitrogen and oxygen atoms in total. The van der Waals surface area contributed by atoms with Gasteiger partial charge in [-0.25, -0.2) is 0 Å². The van der Waals surface area contributed by atoms with Crippen LogP contribution in [0.4, 0.5) is 0 Å². The molecular formula is C49H30OS. The summed E-state index contributed by atoms with van der Waals surface area (Å²) in [4.78, 5) is 0. The lowest BCUT2D eigenvalue weighted by Gasteiger charge is -2.39. The fourth-order valence-corrected chi connectivity index (χ4v) is 9.93. The number of rotatable bonds is 3. The molecule has 1 spiro atoms. The Kier molecular flexibility index (Phi) is 6.11. The second-order valence-electron chi connectivity index (χ2n) is 13.6. The molecule has 238 valence electrons. The lowest BCUT2D eigenvalue weighted by Crippen LogP contribution is -2.32. The molecule has 0 unspecified atom stereocenters. The van der Waals surface area contributed by atoms with E-state index in [9.17, 15) is 0 Å². The summed E-state index contributed by atoms with van der Waals surface area (Å²) in [5, 5.41) is 2.63. The van der Waals surface area contributed by atoms with Crippen LogP contribution in [0.5, 0.6) is 11.5 Å². The zero-order valence-corrected chi connectivity index (χ0v) is 28.5. The molecule has 0 atom stereocenters. The van der Waals surface area contributed by atoms with E-state index in [0.29, 0.717) is 0 Å². The first-order chi connectivity index (χ1) is 25.3. The van der Waals surface area contributed by atoms with E-state index < -0.39 is 5.41 Å². The first kappa shape index (κ1) is 28.6. The summed E-state index contributed by atoms with van der Waals surface area (Å²) in [6, 6.07) is 66.6. The Labute approximate surface area is 300 Å². The standard InChI is InChI=1S/C49H30OS/c1-2-13-31(14-3-1)33-27-34(29-35(28-33)36-18-12-24-47-48(36)39-17-6-11-23-46(39)51-47)32-25-26-43-45(30-32)50-44-22-10-9-21-42(44)49(43)40-19-7-4-15-37(40)38-16-5-8-20-41(38)49/h1-30H. The van der Waals surface area contributed by atoms with Crippen LogP contribution in [0.2, 0.25) is 0 Å². The predicted molar refractivity (Wildman–Crippen MR) is 213 cm³/mol. The van der Waals surface area contributed by atoms with Gasteiger partial charge < -0.3 is 4.74 Å². The maximum absolute atomic E-state index is 6.88. The summed E-state index contributed by atoms with van der Waals surface area (Å²) in [5.74, 6) is 1.80. The van der Waals surface area contributed by atoms with Crippen LogP contribution in [0, 0.1) is 0 Å². The summed E-state index contributed by atoms with van der Waals surface area (Å²) in [5.41, 5.74) is 14.2. The highest BCUT2D eigenvalue weighted by Gasteiger charge is 2.50. The Morgan fingerprint density at radius 2 is 0.941 bits per heavy atom. The second kappa shape index (κ2) is 10.9. The molecule has 1 aliphatic carbocycles. The maximum Gasteiger partial charge on any atom is 0.132 e. The molecule has 0 amide bonds. The average molecular weight is 667 g/mol. The normalized spacial score (nSPS) is 13.4. The van der Waals surface area contributed by atoms with E-state index in [2.05, 4.69) is 182 Å². The Balaban J connectivity index is 1.15. The van der Waals surface area contributed by atoms with Gasteiger partial charge in [-0.1, -0.05) is 140 Å². The molecule has 51 heavy (non-hydrogen) atoms. The highest BCUT2D eigenvalue weighted by molar-refractivity contribution is 7.25. The molecule has 2 aliphatic rings. The van der Waals surface area contributed by atoms with E-state index in [1.54, 1.807) is 0 Å². The van der Waals surface area contributed by atoms with Crippen LogP contribution in [0.15, 0.2) is 182 Å². The first-order valence-corrected chi connectivity index (χ1v) is 18.3. The van der Waals surface area contributed by atoms with Crippen molar-refractivity contribution in [2.24, 2.45) is 0 Å². The SMILES string of the molecule is c1ccc(-c2cc(-c3ccc4c(c3)Oc3ccccc3C43c4ccccc4-c4ccccc43)cc(-c3cccc4sc5ccccc5c34)c2)cc1. The van der Waals surface area contributed by atoms with Crippen molar-refractivity contribution in [1.82, 2.24) is 0 Å². The minimum atomic E-state index is -0.470. The Morgan fingerprint density at radius 1 is 0.353 bits per heavy atom. The third-order valence-corrected chi connectivity index (χ3v) is 12.1. The number of benzene rings is 8. The molecule has 0 saturated carbocycles. The Bertz CT molecular complexity index is 2800. The van der Waals surface area contributed by atoms with Gasteiger partial charge in [0, 0.05) is 31.3 Å². The molecule has 9 aromatic rings. The van der Waals surface area contributed by atoms with Gasteiger partial charge in [0.05, 0.1) is 5.41 Å². The number of thiophene rings is 1. The predicted octanol–water partition coefficient (Wildman–Crippen LogP) is 13.5. The molecule has 2 heteroatoms. The summed E-state index contributed by atoms with van der Waals surface area (Å²) < 4.78 is 9.51. The Hall–Kier alpha value is -6.22. The fourth-order valence-electron chi connectivity index (χ4n) is 8.80. The van der Waals surface area contributed by atoms with Crippen LogP contribution >= 0.6 is 11.3 Å². The van der Waals surface area contributed by atoms with Gasteiger partial charge in [-0.05, 0) is 98.1 Å². The van der Waals surface area contributed by atoms with Crippen molar-refractivity contribution in [2.75, 3.05) is 0 Å². The molecule has 0 bridgehead atoms. The van der Waals surface area contributed by atoms with Crippen molar-refractivity contribution >= 4 is 31.5 Å². The van der Waals surface area contributed by atoms with Crippen molar-refractivity contribution in [2.45, 2.75) is 5.41 Å². The summed E-state index contributed by atoms with van der Waals surface area (Å²) in [7, 11) is 0. The quantitative estimate of drug-likeness (QED) is 0.182. The van der Waals surface area contributed by atoms with E-state index in [0.717, 1.165) is 22.6 Å². The lowest BCUT2D eigenvalue weighted by atomic mass is 9.66. The molecule has 2 heterocycles. The molecule has 0 radical (unpaired) electrons. The topological polar surface area (TPSA) is 9.23 Å². The first-order valence-electron chi connectivity index (χ1n) is 17.5. The maximum atomic E-state index is 6.88. The molecule has 8 aromatic carbocycles. The monoisotopic (exact) mass is 666 g/mol. The fraction of sp³-hybridized carbons (Fsp3) is 0.0204. The van der Waals surface area contributed by atoms with E-state index in [-0.39, 0.29) is 0 Å². The van der Waals surface area contributed by atoms with Crippen molar-refractivity contribution in [1.29, 1.82) is 0 Å². The zero-order chi connectivity index (χ0) is 33.5. The van der Waals surface area contributed by atoms with Crippen LogP contribution in [-0.4, -0.2) is 0 Å². The van der Waals surface area contributed by atoms with Gasteiger partial charge in [0.25, 0.3) is 0 Å². The van der Waals surface area contributed by atoms with E-state index >= 15 is 0 Å². The third-order valence-electron chi connectivity index (χ3n) is 10.9. The zero-order valence-electron chi connectivity index (χ0n) is 27.6. The highest BCUT2D eigenvalue weighted by atomic mass is 32.1. The molecule has 0 fully saturated rings. The van der Waals surface area contributed by atoms with Gasteiger partial charge in [0.15, 0.2) is 0 Å². The van der Waals surface area contributed by atoms with Gasteiger partial charge in [0.2, 0.25) is 0 Å². The molecule has 1 aromatic heterocycles. The third kappa shape index (κ3) is 4.08. The number of ether oxygens (including phenoxy) is 1. The molecule has 0 saturated heterocycles. The number of para-hydroxylation sites is 1. The summed E-state index contributed by atoms with van der Waals surface area (Å²) in [6.07, 6.45) is 0. The van der Waals surface area contributed by atoms with Crippen LogP contribution in [0.25, 0.3) is 64.7 Å². The van der Waals surface area contributed by atoms with Crippen molar-refractivity contribution in [3.8, 4) is 56.0 Å².